The fraction of sp³-hybridized carbons (Fsp3) is 0.417. The van der Waals surface area contributed by atoms with Crippen LogP contribution in [0.25, 0.3) is 0 Å². The minimum absolute atomic E-state index is 0.00523. The molecule has 1 unspecified atom stereocenters. The molecule has 1 aromatic carbocycles. The minimum Gasteiger partial charge on any atom is -0.410 e. The Bertz CT molecular complexity index is 561. The molecule has 1 atom stereocenters. The number of nitro benzene ring substituents is 1. The predicted octanol–water partition coefficient (Wildman–Crippen LogP) is 2.36. The van der Waals surface area contributed by atoms with Crippen molar-refractivity contribution >= 4 is 11.8 Å². The lowest BCUT2D eigenvalue weighted by atomic mass is 10.3. The molecule has 0 bridgehead atoms. The fourth-order valence-corrected chi connectivity index (χ4v) is 1.81. The number of benzene rings is 1. The summed E-state index contributed by atoms with van der Waals surface area (Å²) in [6.07, 6.45) is -7.58. The standard InChI is InChI=1S/C12H11F3N2O5/c13-12(14,15)10-7-16(5-6-21-10)11(18)22-9-3-1-8(2-4-9)17(19)20/h1-4,10H,5-7H2. The second-order valence-electron chi connectivity index (χ2n) is 4.47. The maximum absolute atomic E-state index is 12.6. The molecule has 1 saturated heterocycles. The summed E-state index contributed by atoms with van der Waals surface area (Å²) in [5.74, 6) is 0.00523. The zero-order valence-electron chi connectivity index (χ0n) is 11.1. The van der Waals surface area contributed by atoms with E-state index in [4.69, 9.17) is 4.74 Å². The molecule has 0 spiro atoms. The average Bonchev–Trinajstić information content (AvgIpc) is 2.47. The summed E-state index contributed by atoms with van der Waals surface area (Å²) in [4.78, 5) is 22.5. The van der Waals surface area contributed by atoms with Crippen molar-refractivity contribution in [2.75, 3.05) is 19.7 Å². The number of amides is 1. The Balaban J connectivity index is 1.98. The number of hydrogen-bond acceptors (Lipinski definition) is 5. The van der Waals surface area contributed by atoms with Gasteiger partial charge in [-0.05, 0) is 12.1 Å². The SMILES string of the molecule is O=C(Oc1ccc([N+](=O)[O-])cc1)N1CCOC(C(F)(F)F)C1. The van der Waals surface area contributed by atoms with Crippen LogP contribution >= 0.6 is 0 Å². The van der Waals surface area contributed by atoms with E-state index in [9.17, 15) is 28.1 Å². The topological polar surface area (TPSA) is 81.9 Å². The number of morpholine rings is 1. The first kappa shape index (κ1) is 16.0. The second kappa shape index (κ2) is 6.18. The van der Waals surface area contributed by atoms with Crippen molar-refractivity contribution in [3.8, 4) is 5.75 Å². The second-order valence-corrected chi connectivity index (χ2v) is 4.47. The van der Waals surface area contributed by atoms with Crippen molar-refractivity contribution in [2.45, 2.75) is 12.3 Å². The van der Waals surface area contributed by atoms with Gasteiger partial charge in [0.1, 0.15) is 5.75 Å². The van der Waals surface area contributed by atoms with E-state index < -0.39 is 29.8 Å². The zero-order valence-corrected chi connectivity index (χ0v) is 11.1. The molecule has 1 aliphatic rings. The summed E-state index contributed by atoms with van der Waals surface area (Å²) in [5, 5.41) is 10.5. The highest BCUT2D eigenvalue weighted by molar-refractivity contribution is 5.71. The monoisotopic (exact) mass is 320 g/mol. The van der Waals surface area contributed by atoms with Gasteiger partial charge >= 0.3 is 12.3 Å². The summed E-state index contributed by atoms with van der Waals surface area (Å²) in [6, 6.07) is 4.64. The van der Waals surface area contributed by atoms with Crippen LogP contribution in [0.4, 0.5) is 23.7 Å². The zero-order chi connectivity index (χ0) is 16.3. The molecule has 120 valence electrons. The lowest BCUT2D eigenvalue weighted by molar-refractivity contribution is -0.384. The van der Waals surface area contributed by atoms with Gasteiger partial charge in [0.05, 0.1) is 18.1 Å². The summed E-state index contributed by atoms with van der Waals surface area (Å²) < 4.78 is 47.1. The molecule has 0 saturated carbocycles. The van der Waals surface area contributed by atoms with Crippen molar-refractivity contribution in [3.05, 3.63) is 34.4 Å². The quantitative estimate of drug-likeness (QED) is 0.617. The molecule has 1 aromatic rings. The Morgan fingerprint density at radius 1 is 1.36 bits per heavy atom. The molecule has 0 aliphatic carbocycles. The molecule has 10 heteroatoms. The summed E-state index contributed by atoms with van der Waals surface area (Å²) in [7, 11) is 0. The highest BCUT2D eigenvalue weighted by Crippen LogP contribution is 2.26. The fourth-order valence-electron chi connectivity index (χ4n) is 1.81. The van der Waals surface area contributed by atoms with E-state index in [1.807, 2.05) is 0 Å². The van der Waals surface area contributed by atoms with Gasteiger partial charge in [0.2, 0.25) is 0 Å². The van der Waals surface area contributed by atoms with Crippen LogP contribution in [-0.2, 0) is 4.74 Å². The molecule has 2 rings (SSSR count). The molecular formula is C12H11F3N2O5. The molecule has 1 heterocycles. The van der Waals surface area contributed by atoms with Gasteiger partial charge in [-0.3, -0.25) is 10.1 Å². The first-order valence-corrected chi connectivity index (χ1v) is 6.17. The molecule has 22 heavy (non-hydrogen) atoms. The van der Waals surface area contributed by atoms with Crippen LogP contribution in [0.5, 0.6) is 5.75 Å². The number of nitrogens with zero attached hydrogens (tertiary/aromatic N) is 2. The van der Waals surface area contributed by atoms with Crippen LogP contribution in [-0.4, -0.2) is 47.9 Å². The summed E-state index contributed by atoms with van der Waals surface area (Å²) >= 11 is 0. The van der Waals surface area contributed by atoms with E-state index in [1.165, 1.54) is 12.1 Å². The van der Waals surface area contributed by atoms with E-state index >= 15 is 0 Å². The van der Waals surface area contributed by atoms with E-state index in [0.29, 0.717) is 0 Å². The molecule has 0 radical (unpaired) electrons. The lowest BCUT2D eigenvalue weighted by Crippen LogP contribution is -2.51. The van der Waals surface area contributed by atoms with Gasteiger partial charge in [-0.1, -0.05) is 0 Å². The number of alkyl halides is 3. The van der Waals surface area contributed by atoms with E-state index in [1.54, 1.807) is 0 Å². The van der Waals surface area contributed by atoms with E-state index in [0.717, 1.165) is 17.0 Å². The van der Waals surface area contributed by atoms with Gasteiger partial charge in [0.15, 0.2) is 6.10 Å². The molecule has 0 N–H and O–H groups in total. The smallest absolute Gasteiger partial charge is 0.410 e. The highest BCUT2D eigenvalue weighted by Gasteiger charge is 2.44. The van der Waals surface area contributed by atoms with E-state index in [-0.39, 0.29) is 24.6 Å². The first-order valence-electron chi connectivity index (χ1n) is 6.17. The van der Waals surface area contributed by atoms with Crippen LogP contribution < -0.4 is 4.74 Å². The van der Waals surface area contributed by atoms with Gasteiger partial charge in [-0.15, -0.1) is 0 Å². The Morgan fingerprint density at radius 3 is 2.55 bits per heavy atom. The average molecular weight is 320 g/mol. The van der Waals surface area contributed by atoms with Gasteiger partial charge in [0.25, 0.3) is 5.69 Å². The first-order chi connectivity index (χ1) is 10.3. The minimum atomic E-state index is -4.56. The number of ether oxygens (including phenoxy) is 2. The summed E-state index contributed by atoms with van der Waals surface area (Å²) in [5.41, 5.74) is -0.191. The van der Waals surface area contributed by atoms with Crippen molar-refractivity contribution in [1.29, 1.82) is 0 Å². The van der Waals surface area contributed by atoms with Crippen molar-refractivity contribution in [3.63, 3.8) is 0 Å². The third kappa shape index (κ3) is 3.85. The number of halogens is 3. The Morgan fingerprint density at radius 2 is 2.00 bits per heavy atom. The largest absolute Gasteiger partial charge is 0.416 e. The van der Waals surface area contributed by atoms with Crippen LogP contribution in [0.1, 0.15) is 0 Å². The normalized spacial score (nSPS) is 18.9. The van der Waals surface area contributed by atoms with Crippen LogP contribution in [0.3, 0.4) is 0 Å². The number of nitro groups is 1. The number of hydrogen-bond donors (Lipinski definition) is 0. The number of non-ortho nitro benzene ring substituents is 1. The molecule has 1 fully saturated rings. The van der Waals surface area contributed by atoms with Gasteiger partial charge < -0.3 is 14.4 Å². The Kier molecular flexibility index (Phi) is 4.50. The van der Waals surface area contributed by atoms with Crippen molar-refractivity contribution < 1.29 is 32.4 Å². The number of carbonyl (C=O) groups is 1. The van der Waals surface area contributed by atoms with Crippen LogP contribution in [0, 0.1) is 10.1 Å². The molecule has 1 aliphatic heterocycles. The van der Waals surface area contributed by atoms with E-state index in [2.05, 4.69) is 4.74 Å². The lowest BCUT2D eigenvalue weighted by Gasteiger charge is -2.32. The molecule has 7 nitrogen and oxygen atoms in total. The highest BCUT2D eigenvalue weighted by atomic mass is 19.4. The van der Waals surface area contributed by atoms with Crippen LogP contribution in [0.2, 0.25) is 0 Å². The third-order valence-corrected chi connectivity index (χ3v) is 2.94. The van der Waals surface area contributed by atoms with Gasteiger partial charge in [0, 0.05) is 18.7 Å². The van der Waals surface area contributed by atoms with Gasteiger partial charge in [-0.2, -0.15) is 13.2 Å². The van der Waals surface area contributed by atoms with Crippen LogP contribution in [0.15, 0.2) is 24.3 Å². The number of rotatable bonds is 2. The van der Waals surface area contributed by atoms with Gasteiger partial charge in [-0.25, -0.2) is 4.79 Å². The summed E-state index contributed by atoms with van der Waals surface area (Å²) in [6.45, 7) is -0.937. The number of carbonyl (C=O) groups excluding carboxylic acids is 1. The maximum Gasteiger partial charge on any atom is 0.416 e. The third-order valence-electron chi connectivity index (χ3n) is 2.94. The van der Waals surface area contributed by atoms with Crippen molar-refractivity contribution in [1.82, 2.24) is 4.90 Å². The maximum atomic E-state index is 12.6. The molecule has 0 aromatic heterocycles. The van der Waals surface area contributed by atoms with Crippen molar-refractivity contribution in [2.24, 2.45) is 0 Å². The Hall–Kier alpha value is -2.36. The molecule has 1 amide bonds. The molecular weight excluding hydrogens is 309 g/mol. The Labute approximate surface area is 122 Å². The predicted molar refractivity (Wildman–Crippen MR) is 66.5 cm³/mol.